The van der Waals surface area contributed by atoms with E-state index >= 15 is 0 Å². The second-order valence-corrected chi connectivity index (χ2v) is 11.7. The number of methoxy groups -OCH3 is 1. The first kappa shape index (κ1) is 32.9. The number of anilines is 1. The van der Waals surface area contributed by atoms with Crippen LogP contribution in [0, 0.1) is 11.8 Å². The van der Waals surface area contributed by atoms with E-state index in [0.29, 0.717) is 69.6 Å². The molecule has 11 nitrogen and oxygen atoms in total. The highest BCUT2D eigenvalue weighted by Gasteiger charge is 2.36. The van der Waals surface area contributed by atoms with Gasteiger partial charge in [0.1, 0.15) is 17.2 Å². The molecular formula is C28H50N6O5. The van der Waals surface area contributed by atoms with Crippen molar-refractivity contribution in [3.05, 3.63) is 17.6 Å². The van der Waals surface area contributed by atoms with Crippen LogP contribution < -0.4 is 10.6 Å². The molecule has 0 spiro atoms. The molecule has 0 saturated carbocycles. The van der Waals surface area contributed by atoms with Crippen molar-refractivity contribution in [2.75, 3.05) is 71.5 Å². The summed E-state index contributed by atoms with van der Waals surface area (Å²) >= 11 is 0. The first-order chi connectivity index (χ1) is 18.0. The molecule has 0 bridgehead atoms. The average Bonchev–Trinajstić information content (AvgIpc) is 2.89. The highest BCUT2D eigenvalue weighted by atomic mass is 16.5. The normalized spacial score (nSPS) is 20.8. The number of aliphatic hydroxyl groups excluding tert-OH is 1. The van der Waals surface area contributed by atoms with Gasteiger partial charge in [0.2, 0.25) is 5.91 Å². The quantitative estimate of drug-likeness (QED) is 0.399. The van der Waals surface area contributed by atoms with Gasteiger partial charge in [-0.3, -0.25) is 9.59 Å². The summed E-state index contributed by atoms with van der Waals surface area (Å²) < 4.78 is 10.4. The van der Waals surface area contributed by atoms with Gasteiger partial charge in [0.25, 0.3) is 5.91 Å². The predicted molar refractivity (Wildman–Crippen MR) is 152 cm³/mol. The van der Waals surface area contributed by atoms with Crippen LogP contribution in [0.2, 0.25) is 0 Å². The number of aliphatic hydroxyl groups is 1. The largest absolute Gasteiger partial charge is 0.389 e. The van der Waals surface area contributed by atoms with Gasteiger partial charge >= 0.3 is 0 Å². The fourth-order valence-electron chi connectivity index (χ4n) is 4.83. The molecule has 0 aromatic carbocycles. The smallest absolute Gasteiger partial charge is 0.259 e. The number of carbonyl (C=O) groups excluding carboxylic acids is 2. The number of hydrogen-bond acceptors (Lipinski definition) is 9. The topological polar surface area (TPSA) is 129 Å². The number of amides is 2. The van der Waals surface area contributed by atoms with Crippen LogP contribution >= 0.6 is 0 Å². The second-order valence-electron chi connectivity index (χ2n) is 11.7. The minimum absolute atomic E-state index is 0. The highest BCUT2D eigenvalue weighted by Crippen LogP contribution is 2.26. The number of piperidine rings is 1. The summed E-state index contributed by atoms with van der Waals surface area (Å²) in [7, 11) is 1.53. The summed E-state index contributed by atoms with van der Waals surface area (Å²) in [6, 6.07) is -0.150. The number of aromatic nitrogens is 2. The van der Waals surface area contributed by atoms with Crippen LogP contribution in [-0.4, -0.2) is 115 Å². The van der Waals surface area contributed by atoms with E-state index in [2.05, 4.69) is 29.5 Å². The zero-order valence-corrected chi connectivity index (χ0v) is 23.8. The summed E-state index contributed by atoms with van der Waals surface area (Å²) in [5.74, 6) is 0.954. The van der Waals surface area contributed by atoms with Gasteiger partial charge in [-0.05, 0) is 12.3 Å². The molecule has 3 N–H and O–H groups in total. The van der Waals surface area contributed by atoms with Crippen LogP contribution in [0.25, 0.3) is 0 Å². The molecule has 0 radical (unpaired) electrons. The molecule has 11 heteroatoms. The van der Waals surface area contributed by atoms with E-state index in [1.54, 1.807) is 6.20 Å². The van der Waals surface area contributed by atoms with Crippen molar-refractivity contribution < 1.29 is 24.2 Å². The van der Waals surface area contributed by atoms with E-state index in [1.807, 2.05) is 30.6 Å². The minimum atomic E-state index is -0.753. The number of morpholine rings is 1. The monoisotopic (exact) mass is 550 g/mol. The van der Waals surface area contributed by atoms with Crippen LogP contribution in [0.3, 0.4) is 0 Å². The summed E-state index contributed by atoms with van der Waals surface area (Å²) in [5.41, 5.74) is 0.0334. The Morgan fingerprint density at radius 1 is 1.28 bits per heavy atom. The van der Waals surface area contributed by atoms with E-state index in [0.717, 1.165) is 0 Å². The third kappa shape index (κ3) is 9.09. The lowest BCUT2D eigenvalue weighted by Gasteiger charge is -2.40. The molecule has 3 rings (SSSR count). The van der Waals surface area contributed by atoms with Gasteiger partial charge in [-0.25, -0.2) is 9.97 Å². The number of carbonyl (C=O) groups is 2. The SMILES string of the molecule is C.COCC(O)CNc1nc(C(C)(C)C)ncc1C(=O)N(CC(C)C)[C@@H]1CNC[C@H](C(=O)N2CCOCC2)C1. The predicted octanol–water partition coefficient (Wildman–Crippen LogP) is 1.76. The van der Waals surface area contributed by atoms with Gasteiger partial charge in [-0.15, -0.1) is 0 Å². The van der Waals surface area contributed by atoms with Gasteiger partial charge in [0.05, 0.1) is 31.8 Å². The van der Waals surface area contributed by atoms with E-state index in [9.17, 15) is 14.7 Å². The van der Waals surface area contributed by atoms with Gasteiger partial charge in [0.15, 0.2) is 0 Å². The highest BCUT2D eigenvalue weighted by molar-refractivity contribution is 5.98. The maximum absolute atomic E-state index is 14.1. The number of ether oxygens (including phenoxy) is 2. The Kier molecular flexibility index (Phi) is 12.5. The first-order valence-corrected chi connectivity index (χ1v) is 13.7. The summed E-state index contributed by atoms with van der Waals surface area (Å²) in [5, 5.41) is 16.8. The maximum Gasteiger partial charge on any atom is 0.259 e. The number of hydrogen-bond donors (Lipinski definition) is 3. The molecule has 3 atom stereocenters. The van der Waals surface area contributed by atoms with E-state index < -0.39 is 6.10 Å². The molecule has 1 aromatic rings. The second kappa shape index (κ2) is 14.9. The van der Waals surface area contributed by atoms with Gasteiger partial charge < -0.3 is 35.0 Å². The molecule has 3 heterocycles. The van der Waals surface area contributed by atoms with Crippen LogP contribution in [0.4, 0.5) is 5.82 Å². The van der Waals surface area contributed by atoms with Crippen LogP contribution in [0.1, 0.15) is 64.6 Å². The van der Waals surface area contributed by atoms with E-state index in [4.69, 9.17) is 14.5 Å². The van der Waals surface area contributed by atoms with E-state index in [1.165, 1.54) is 7.11 Å². The van der Waals surface area contributed by atoms with Crippen molar-refractivity contribution in [1.82, 2.24) is 25.1 Å². The molecule has 222 valence electrons. The molecule has 2 amide bonds. The Balaban J connectivity index is 0.00000533. The fourth-order valence-corrected chi connectivity index (χ4v) is 4.83. The Morgan fingerprint density at radius 2 is 1.97 bits per heavy atom. The average molecular weight is 551 g/mol. The summed E-state index contributed by atoms with van der Waals surface area (Å²) in [6.07, 6.45) is 1.43. The van der Waals surface area contributed by atoms with Gasteiger partial charge in [-0.2, -0.15) is 0 Å². The van der Waals surface area contributed by atoms with Crippen molar-refractivity contribution in [3.8, 4) is 0 Å². The van der Waals surface area contributed by atoms with E-state index in [-0.39, 0.29) is 55.7 Å². The molecule has 0 aliphatic carbocycles. The Labute approximate surface area is 234 Å². The van der Waals surface area contributed by atoms with Crippen molar-refractivity contribution in [2.24, 2.45) is 11.8 Å². The molecular weight excluding hydrogens is 500 g/mol. The van der Waals surface area contributed by atoms with Crippen molar-refractivity contribution >= 4 is 17.6 Å². The van der Waals surface area contributed by atoms with Crippen LogP contribution in [0.5, 0.6) is 0 Å². The molecule has 2 saturated heterocycles. The Bertz CT molecular complexity index is 932. The lowest BCUT2D eigenvalue weighted by Crippen LogP contribution is -2.56. The maximum atomic E-state index is 14.1. The lowest BCUT2D eigenvalue weighted by atomic mass is 9.92. The molecule has 2 aliphatic rings. The minimum Gasteiger partial charge on any atom is -0.389 e. The molecule has 39 heavy (non-hydrogen) atoms. The third-order valence-corrected chi connectivity index (χ3v) is 6.82. The molecule has 1 unspecified atom stereocenters. The molecule has 1 aromatic heterocycles. The van der Waals surface area contributed by atoms with Crippen molar-refractivity contribution in [1.29, 1.82) is 0 Å². The Morgan fingerprint density at radius 3 is 2.59 bits per heavy atom. The third-order valence-electron chi connectivity index (χ3n) is 6.82. The van der Waals surface area contributed by atoms with Crippen molar-refractivity contribution in [2.45, 2.75) is 66.0 Å². The Hall–Kier alpha value is -2.34. The first-order valence-electron chi connectivity index (χ1n) is 13.7. The zero-order valence-electron chi connectivity index (χ0n) is 23.8. The number of rotatable bonds is 10. The summed E-state index contributed by atoms with van der Waals surface area (Å²) in [6.45, 7) is 14.6. The zero-order chi connectivity index (χ0) is 27.9. The molecule has 2 aliphatic heterocycles. The number of nitrogens with one attached hydrogen (secondary N) is 2. The van der Waals surface area contributed by atoms with Gasteiger partial charge in [-0.1, -0.05) is 42.0 Å². The van der Waals surface area contributed by atoms with Gasteiger partial charge in [0, 0.05) is 64.0 Å². The van der Waals surface area contributed by atoms with Crippen molar-refractivity contribution in [3.63, 3.8) is 0 Å². The lowest BCUT2D eigenvalue weighted by molar-refractivity contribution is -0.140. The standard InChI is InChI=1S/C27H46N6O5.CH4/c1-18(2)16-33(20-11-19(12-28-13-20)24(35)32-7-9-38-10-8-32)25(36)22-15-30-26(27(3,4)5)31-23(22)29-14-21(34)17-37-6;/h15,18-21,28,34H,7-14,16-17H2,1-6H3,(H,29,30,31);1H4/t19-,20+,21?;/m1./s1. The fraction of sp³-hybridized carbons (Fsp3) is 0.786. The van der Waals surface area contributed by atoms with Crippen LogP contribution in [0.15, 0.2) is 6.20 Å². The van der Waals surface area contributed by atoms with Crippen LogP contribution in [-0.2, 0) is 19.7 Å². The summed E-state index contributed by atoms with van der Waals surface area (Å²) in [4.78, 5) is 40.3. The molecule has 2 fully saturated rings. The number of nitrogens with zero attached hydrogens (tertiary/aromatic N) is 4.